The highest BCUT2D eigenvalue weighted by molar-refractivity contribution is 6.36. The summed E-state index contributed by atoms with van der Waals surface area (Å²) in [6, 6.07) is 3.69. The fourth-order valence-electron chi connectivity index (χ4n) is 1.51. The molecule has 1 aliphatic heterocycles. The molecule has 64 valence electrons. The third-order valence-electron chi connectivity index (χ3n) is 2.11. The Kier molecular flexibility index (Phi) is 2.16. The van der Waals surface area contributed by atoms with Gasteiger partial charge in [0, 0.05) is 11.6 Å². The Bertz CT molecular complexity index is 279. The van der Waals surface area contributed by atoms with Gasteiger partial charge in [-0.05, 0) is 30.5 Å². The van der Waals surface area contributed by atoms with Gasteiger partial charge < -0.3 is 5.32 Å². The molecule has 3 heteroatoms. The molecule has 0 unspecified atom stereocenters. The largest absolute Gasteiger partial charge is 0.384 e. The van der Waals surface area contributed by atoms with Crippen LogP contribution in [0.3, 0.4) is 0 Å². The molecule has 12 heavy (non-hydrogen) atoms. The molecule has 0 bridgehead atoms. The van der Waals surface area contributed by atoms with Gasteiger partial charge in [0.1, 0.15) is 0 Å². The van der Waals surface area contributed by atoms with Crippen LogP contribution in [0.2, 0.25) is 10.0 Å². The van der Waals surface area contributed by atoms with Crippen LogP contribution in [0.5, 0.6) is 0 Å². The average Bonchev–Trinajstić information content (AvgIpc) is 2.12. The van der Waals surface area contributed by atoms with Crippen LogP contribution in [-0.2, 0) is 6.42 Å². The zero-order valence-corrected chi connectivity index (χ0v) is 8.04. The van der Waals surface area contributed by atoms with E-state index in [1.165, 1.54) is 0 Å². The molecule has 0 aromatic heterocycles. The lowest BCUT2D eigenvalue weighted by Crippen LogP contribution is -2.12. The van der Waals surface area contributed by atoms with Crippen LogP contribution >= 0.6 is 23.2 Å². The minimum absolute atomic E-state index is 0.772. The molecule has 0 fully saturated rings. The summed E-state index contributed by atoms with van der Waals surface area (Å²) in [6.07, 6.45) is 2.16. The lowest BCUT2D eigenvalue weighted by atomic mass is 10.0. The number of rotatable bonds is 0. The molecule has 2 rings (SSSR count). The van der Waals surface area contributed by atoms with Gasteiger partial charge in [0.25, 0.3) is 0 Å². The van der Waals surface area contributed by atoms with E-state index in [-0.39, 0.29) is 0 Å². The van der Waals surface area contributed by atoms with Gasteiger partial charge in [0.2, 0.25) is 0 Å². The van der Waals surface area contributed by atoms with E-state index in [1.54, 1.807) is 0 Å². The first-order valence-corrected chi connectivity index (χ1v) is 4.75. The Labute approximate surface area is 81.7 Å². The maximum Gasteiger partial charge on any atom is 0.0641 e. The molecule has 1 aromatic rings. The molecular weight excluding hydrogens is 193 g/mol. The summed E-state index contributed by atoms with van der Waals surface area (Å²) in [6.45, 7) is 0.993. The van der Waals surface area contributed by atoms with Gasteiger partial charge in [-0.15, -0.1) is 0 Å². The summed E-state index contributed by atoms with van der Waals surface area (Å²) < 4.78 is 0. The van der Waals surface area contributed by atoms with Crippen LogP contribution < -0.4 is 5.32 Å². The first kappa shape index (κ1) is 8.21. The van der Waals surface area contributed by atoms with Crippen molar-refractivity contribution in [1.82, 2.24) is 0 Å². The molecule has 1 nitrogen and oxygen atoms in total. The number of benzene rings is 1. The summed E-state index contributed by atoms with van der Waals surface area (Å²) >= 11 is 12.0. The maximum atomic E-state index is 6.02. The molecule has 0 spiro atoms. The van der Waals surface area contributed by atoms with Crippen LogP contribution in [0, 0.1) is 0 Å². The van der Waals surface area contributed by atoms with E-state index in [0.29, 0.717) is 0 Å². The summed E-state index contributed by atoms with van der Waals surface area (Å²) in [7, 11) is 0. The number of hydrogen-bond acceptors (Lipinski definition) is 1. The summed E-state index contributed by atoms with van der Waals surface area (Å²) in [5.74, 6) is 0. The van der Waals surface area contributed by atoms with Crippen LogP contribution in [-0.4, -0.2) is 6.54 Å². The zero-order valence-electron chi connectivity index (χ0n) is 6.53. The maximum absolute atomic E-state index is 6.02. The second kappa shape index (κ2) is 3.15. The van der Waals surface area contributed by atoms with Gasteiger partial charge in [0.05, 0.1) is 10.7 Å². The van der Waals surface area contributed by atoms with E-state index >= 15 is 0 Å². The topological polar surface area (TPSA) is 12.0 Å². The minimum Gasteiger partial charge on any atom is -0.384 e. The predicted molar refractivity (Wildman–Crippen MR) is 53.3 cm³/mol. The van der Waals surface area contributed by atoms with E-state index < -0.39 is 0 Å². The monoisotopic (exact) mass is 201 g/mol. The average molecular weight is 202 g/mol. The first-order valence-electron chi connectivity index (χ1n) is 4.00. The molecule has 0 aliphatic carbocycles. The van der Waals surface area contributed by atoms with Gasteiger partial charge in [-0.1, -0.05) is 23.2 Å². The van der Waals surface area contributed by atoms with Crippen molar-refractivity contribution in [3.63, 3.8) is 0 Å². The Balaban J connectivity index is 2.57. The molecule has 1 heterocycles. The Morgan fingerprint density at radius 2 is 1.92 bits per heavy atom. The molecular formula is C9H9Cl2N. The quantitative estimate of drug-likeness (QED) is 0.680. The molecule has 0 saturated carbocycles. The SMILES string of the molecule is Clc1ccc(Cl)c2c1CCCN2. The molecule has 0 saturated heterocycles. The highest BCUT2D eigenvalue weighted by atomic mass is 35.5. The van der Waals surface area contributed by atoms with Crippen molar-refractivity contribution in [3.8, 4) is 0 Å². The highest BCUT2D eigenvalue weighted by Crippen LogP contribution is 2.34. The number of fused-ring (bicyclic) bond motifs is 1. The molecule has 1 N–H and O–H groups in total. The fraction of sp³-hybridized carbons (Fsp3) is 0.333. The zero-order chi connectivity index (χ0) is 8.55. The molecule has 1 aromatic carbocycles. The van der Waals surface area contributed by atoms with Crippen molar-refractivity contribution in [2.75, 3.05) is 11.9 Å². The van der Waals surface area contributed by atoms with E-state index in [1.807, 2.05) is 12.1 Å². The second-order valence-electron chi connectivity index (χ2n) is 2.91. The molecule has 0 atom stereocenters. The van der Waals surface area contributed by atoms with Crippen LogP contribution in [0.4, 0.5) is 5.69 Å². The molecule has 1 aliphatic rings. The molecule has 0 amide bonds. The number of anilines is 1. The van der Waals surface area contributed by atoms with E-state index in [0.717, 1.165) is 40.7 Å². The van der Waals surface area contributed by atoms with Crippen LogP contribution in [0.25, 0.3) is 0 Å². The van der Waals surface area contributed by atoms with Gasteiger partial charge in [-0.3, -0.25) is 0 Å². The van der Waals surface area contributed by atoms with E-state index in [2.05, 4.69) is 5.32 Å². The number of hydrogen-bond donors (Lipinski definition) is 1. The van der Waals surface area contributed by atoms with Crippen molar-refractivity contribution >= 4 is 28.9 Å². The van der Waals surface area contributed by atoms with Crippen molar-refractivity contribution in [3.05, 3.63) is 27.7 Å². The van der Waals surface area contributed by atoms with Crippen molar-refractivity contribution in [2.24, 2.45) is 0 Å². The highest BCUT2D eigenvalue weighted by Gasteiger charge is 2.14. The smallest absolute Gasteiger partial charge is 0.0641 e. The number of nitrogens with one attached hydrogen (secondary N) is 1. The van der Waals surface area contributed by atoms with Gasteiger partial charge >= 0.3 is 0 Å². The lowest BCUT2D eigenvalue weighted by molar-refractivity contribution is 0.830. The van der Waals surface area contributed by atoms with E-state index in [4.69, 9.17) is 23.2 Å². The van der Waals surface area contributed by atoms with Crippen molar-refractivity contribution < 1.29 is 0 Å². The van der Waals surface area contributed by atoms with E-state index in [9.17, 15) is 0 Å². The molecule has 0 radical (unpaired) electrons. The Morgan fingerprint density at radius 3 is 2.67 bits per heavy atom. The Morgan fingerprint density at radius 1 is 1.17 bits per heavy atom. The Hall–Kier alpha value is -0.400. The van der Waals surface area contributed by atoms with Crippen molar-refractivity contribution in [2.45, 2.75) is 12.8 Å². The van der Waals surface area contributed by atoms with Gasteiger partial charge in [-0.25, -0.2) is 0 Å². The summed E-state index contributed by atoms with van der Waals surface area (Å²) in [5, 5.41) is 4.85. The lowest BCUT2D eigenvalue weighted by Gasteiger charge is -2.19. The minimum atomic E-state index is 0.772. The second-order valence-corrected chi connectivity index (χ2v) is 3.73. The fourth-order valence-corrected chi connectivity index (χ4v) is 2.00. The number of halogens is 2. The van der Waals surface area contributed by atoms with Crippen LogP contribution in [0.15, 0.2) is 12.1 Å². The third-order valence-corrected chi connectivity index (χ3v) is 2.78. The van der Waals surface area contributed by atoms with Gasteiger partial charge in [-0.2, -0.15) is 0 Å². The third kappa shape index (κ3) is 1.27. The summed E-state index contributed by atoms with van der Waals surface area (Å²) in [4.78, 5) is 0. The van der Waals surface area contributed by atoms with Crippen LogP contribution in [0.1, 0.15) is 12.0 Å². The summed E-state index contributed by atoms with van der Waals surface area (Å²) in [5.41, 5.74) is 2.19. The standard InChI is InChI=1S/C9H9Cl2N/c10-7-3-4-8(11)9-6(7)2-1-5-12-9/h3-4,12H,1-2,5H2. The predicted octanol–water partition coefficient (Wildman–Crippen LogP) is 3.35. The normalized spacial score (nSPS) is 15.2. The van der Waals surface area contributed by atoms with Gasteiger partial charge in [0.15, 0.2) is 0 Å². The first-order chi connectivity index (χ1) is 5.79. The van der Waals surface area contributed by atoms with Crippen molar-refractivity contribution in [1.29, 1.82) is 0 Å².